The van der Waals surface area contributed by atoms with E-state index in [9.17, 15) is 41.4 Å². The van der Waals surface area contributed by atoms with E-state index in [-0.39, 0.29) is 46.9 Å². The zero-order valence-electron chi connectivity index (χ0n) is 24.5. The second-order valence-corrected chi connectivity index (χ2v) is 10.7. The lowest BCUT2D eigenvalue weighted by atomic mass is 9.90. The van der Waals surface area contributed by atoms with E-state index in [0.29, 0.717) is 10.9 Å². The van der Waals surface area contributed by atoms with Gasteiger partial charge in [-0.2, -0.15) is 13.2 Å². The number of aliphatic carboxylic acids is 1. The summed E-state index contributed by atoms with van der Waals surface area (Å²) in [6.07, 6.45) is -5.10. The van der Waals surface area contributed by atoms with Crippen molar-refractivity contribution in [1.29, 1.82) is 0 Å². The maximum absolute atomic E-state index is 14.8. The average Bonchev–Trinajstić information content (AvgIpc) is 3.00. The minimum atomic E-state index is -4.90. The molecule has 46 heavy (non-hydrogen) atoms. The molecule has 5 rings (SSSR count). The first-order chi connectivity index (χ1) is 21.8. The van der Waals surface area contributed by atoms with Gasteiger partial charge in [-0.1, -0.05) is 54.6 Å². The lowest BCUT2D eigenvalue weighted by molar-refractivity contribution is -0.139. The number of carboxylic acids is 1. The molecule has 238 valence electrons. The number of pyridine rings is 1. The van der Waals surface area contributed by atoms with Gasteiger partial charge >= 0.3 is 12.1 Å². The number of carbonyl (C=O) groups excluding carboxylic acids is 1. The summed E-state index contributed by atoms with van der Waals surface area (Å²) in [5, 5.41) is 12.5. The van der Waals surface area contributed by atoms with E-state index < -0.39 is 58.0 Å². The van der Waals surface area contributed by atoms with Crippen LogP contribution in [-0.4, -0.2) is 41.3 Å². The van der Waals surface area contributed by atoms with Crippen LogP contribution in [0.25, 0.3) is 32.8 Å². The maximum Gasteiger partial charge on any atom is 0.417 e. The van der Waals surface area contributed by atoms with Crippen LogP contribution in [0.5, 0.6) is 0 Å². The van der Waals surface area contributed by atoms with Crippen LogP contribution in [0.1, 0.15) is 27.0 Å². The molecule has 2 N–H and O–H groups in total. The summed E-state index contributed by atoms with van der Waals surface area (Å²) in [7, 11) is 2.80. The van der Waals surface area contributed by atoms with Gasteiger partial charge in [-0.3, -0.25) is 9.59 Å². The van der Waals surface area contributed by atoms with Gasteiger partial charge in [0.25, 0.3) is 11.5 Å². The van der Waals surface area contributed by atoms with Crippen LogP contribution < -0.4 is 10.9 Å². The Balaban J connectivity index is 1.57. The summed E-state index contributed by atoms with van der Waals surface area (Å²) in [4.78, 5) is 38.6. The molecule has 0 radical (unpaired) electrons. The van der Waals surface area contributed by atoms with Crippen LogP contribution in [0.2, 0.25) is 0 Å². The Morgan fingerprint density at radius 2 is 1.57 bits per heavy atom. The second kappa shape index (κ2) is 12.7. The fourth-order valence-electron chi connectivity index (χ4n) is 5.67. The van der Waals surface area contributed by atoms with Gasteiger partial charge in [-0.15, -0.1) is 0 Å². The molecule has 1 aromatic heterocycles. The fourth-order valence-corrected chi connectivity index (χ4v) is 5.67. The predicted molar refractivity (Wildman–Crippen MR) is 162 cm³/mol. The van der Waals surface area contributed by atoms with E-state index in [1.54, 1.807) is 6.07 Å². The van der Waals surface area contributed by atoms with Crippen molar-refractivity contribution in [3.8, 4) is 11.1 Å². The molecule has 12 heteroatoms. The molecule has 0 aliphatic carbocycles. The molecule has 0 aliphatic heterocycles. The minimum Gasteiger partial charge on any atom is -0.480 e. The molecule has 0 bridgehead atoms. The number of para-hydroxylation sites is 1. The van der Waals surface area contributed by atoms with Gasteiger partial charge in [0, 0.05) is 26.0 Å². The highest BCUT2D eigenvalue weighted by molar-refractivity contribution is 6.02. The Hall–Kier alpha value is -5.10. The Labute approximate surface area is 258 Å². The third-order valence-electron chi connectivity index (χ3n) is 7.82. The number of nitrogens with one attached hydrogen (secondary N) is 1. The van der Waals surface area contributed by atoms with Crippen molar-refractivity contribution in [3.63, 3.8) is 0 Å². The van der Waals surface area contributed by atoms with Gasteiger partial charge in [0.2, 0.25) is 0 Å². The van der Waals surface area contributed by atoms with Gasteiger partial charge < -0.3 is 19.7 Å². The molecule has 7 nitrogen and oxygen atoms in total. The number of benzene rings is 4. The molecular formula is C34H27F5N2O5. The van der Waals surface area contributed by atoms with Crippen LogP contribution >= 0.6 is 0 Å². The number of alkyl halides is 3. The summed E-state index contributed by atoms with van der Waals surface area (Å²) >= 11 is 0. The summed E-state index contributed by atoms with van der Waals surface area (Å²) in [6, 6.07) is 14.8. The van der Waals surface area contributed by atoms with E-state index in [4.69, 9.17) is 4.74 Å². The number of aromatic nitrogens is 1. The lowest BCUT2D eigenvalue weighted by Crippen LogP contribution is -2.43. The molecule has 0 fully saturated rings. The zero-order chi connectivity index (χ0) is 33.3. The smallest absolute Gasteiger partial charge is 0.417 e. The third-order valence-corrected chi connectivity index (χ3v) is 7.82. The number of fused-ring (bicyclic) bond motifs is 2. The number of hydrogen-bond donors (Lipinski definition) is 2. The number of amides is 1. The first-order valence-corrected chi connectivity index (χ1v) is 14.0. The topological polar surface area (TPSA) is 97.6 Å². The fraction of sp³-hybridized carbons (Fsp3) is 0.206. The van der Waals surface area contributed by atoms with Crippen molar-refractivity contribution in [1.82, 2.24) is 9.88 Å². The Bertz CT molecular complexity index is 2030. The van der Waals surface area contributed by atoms with Gasteiger partial charge in [-0.05, 0) is 52.1 Å². The molecule has 0 saturated carbocycles. The number of carbonyl (C=O) groups is 2. The first kappa shape index (κ1) is 32.3. The first-order valence-electron chi connectivity index (χ1n) is 14.0. The number of halogens is 5. The van der Waals surface area contributed by atoms with Crippen molar-refractivity contribution in [2.24, 2.45) is 7.05 Å². The van der Waals surface area contributed by atoms with Gasteiger partial charge in [0.1, 0.15) is 23.2 Å². The highest BCUT2D eigenvalue weighted by Crippen LogP contribution is 2.42. The number of aryl methyl sites for hydroxylation is 1. The molecule has 1 atom stereocenters. The number of hydrogen-bond acceptors (Lipinski definition) is 4. The van der Waals surface area contributed by atoms with Crippen LogP contribution in [-0.2, 0) is 35.6 Å². The normalized spacial score (nSPS) is 12.4. The number of rotatable bonds is 9. The zero-order valence-corrected chi connectivity index (χ0v) is 24.5. The molecule has 4 aromatic carbocycles. The number of methoxy groups -OCH3 is 1. The largest absolute Gasteiger partial charge is 0.480 e. The highest BCUT2D eigenvalue weighted by atomic mass is 19.4. The van der Waals surface area contributed by atoms with Crippen molar-refractivity contribution in [3.05, 3.63) is 117 Å². The summed E-state index contributed by atoms with van der Waals surface area (Å²) in [5.74, 6) is -5.17. The van der Waals surface area contributed by atoms with Crippen molar-refractivity contribution < 1.29 is 41.4 Å². The highest BCUT2D eigenvalue weighted by Gasteiger charge is 2.38. The predicted octanol–water partition coefficient (Wildman–Crippen LogP) is 6.27. The Morgan fingerprint density at radius 1 is 0.935 bits per heavy atom. The minimum absolute atomic E-state index is 0.0216. The second-order valence-electron chi connectivity index (χ2n) is 10.7. The molecule has 1 amide bonds. The maximum atomic E-state index is 14.8. The molecule has 0 aliphatic rings. The Morgan fingerprint density at radius 3 is 2.22 bits per heavy atom. The van der Waals surface area contributed by atoms with Crippen molar-refractivity contribution >= 4 is 33.6 Å². The van der Waals surface area contributed by atoms with Gasteiger partial charge in [0.05, 0.1) is 23.3 Å². The molecule has 0 saturated heterocycles. The molecular weight excluding hydrogens is 611 g/mol. The van der Waals surface area contributed by atoms with Gasteiger partial charge in [0.15, 0.2) is 0 Å². The van der Waals surface area contributed by atoms with E-state index in [2.05, 4.69) is 5.32 Å². The lowest BCUT2D eigenvalue weighted by Gasteiger charge is -2.20. The van der Waals surface area contributed by atoms with Crippen LogP contribution in [0.15, 0.2) is 77.6 Å². The molecule has 1 unspecified atom stereocenters. The monoisotopic (exact) mass is 638 g/mol. The third kappa shape index (κ3) is 6.08. The average molecular weight is 639 g/mol. The van der Waals surface area contributed by atoms with E-state index in [1.807, 2.05) is 0 Å². The summed E-state index contributed by atoms with van der Waals surface area (Å²) < 4.78 is 79.3. The number of ether oxygens (including phenoxy) is 1. The molecule has 5 aromatic rings. The van der Waals surface area contributed by atoms with Crippen LogP contribution in [0.4, 0.5) is 22.0 Å². The standard InChI is InChI=1S/C34H27F5N2O5/c1-41-27-12-4-3-8-23(27)30(34(37,38)39)28(32(41)43)22-11-6-9-20-19(7-5-10-21(20)22)17-26(33(44)45)40-31(42)29-24(35)15-18(13-14-46-2)16-25(29)36/h3-12,15-16,26H,13-14,17H2,1-2H3,(H,40,42)(H,44,45). The van der Waals surface area contributed by atoms with Gasteiger partial charge in [-0.25, -0.2) is 13.6 Å². The molecule has 0 spiro atoms. The quantitative estimate of drug-likeness (QED) is 0.186. The van der Waals surface area contributed by atoms with E-state index in [1.165, 1.54) is 68.8 Å². The molecule has 1 heterocycles. The van der Waals surface area contributed by atoms with Crippen molar-refractivity contribution in [2.75, 3.05) is 13.7 Å². The number of carboxylic acid groups (broad SMARTS) is 1. The van der Waals surface area contributed by atoms with Crippen molar-refractivity contribution in [2.45, 2.75) is 25.1 Å². The number of nitrogens with zero attached hydrogens (tertiary/aromatic N) is 1. The summed E-state index contributed by atoms with van der Waals surface area (Å²) in [6.45, 7) is 0.186. The summed E-state index contributed by atoms with van der Waals surface area (Å²) in [5.41, 5.74) is -2.89. The Kier molecular flexibility index (Phi) is 8.93. The van der Waals surface area contributed by atoms with Crippen LogP contribution in [0, 0.1) is 11.6 Å². The van der Waals surface area contributed by atoms with E-state index >= 15 is 0 Å². The SMILES string of the molecule is COCCc1cc(F)c(C(=O)NC(Cc2cccc3c(-c4c(C(F)(F)F)c5ccccc5n(C)c4=O)cccc23)C(=O)O)c(F)c1. The van der Waals surface area contributed by atoms with E-state index in [0.717, 1.165) is 16.7 Å². The van der Waals surface area contributed by atoms with Crippen LogP contribution in [0.3, 0.4) is 0 Å².